The summed E-state index contributed by atoms with van der Waals surface area (Å²) in [4.78, 5) is 21.9. The fraction of sp³-hybridized carbons (Fsp3) is 0.296. The van der Waals surface area contributed by atoms with Crippen molar-refractivity contribution in [3.63, 3.8) is 0 Å². The van der Waals surface area contributed by atoms with E-state index in [0.29, 0.717) is 23.3 Å². The van der Waals surface area contributed by atoms with Gasteiger partial charge in [0.25, 0.3) is 0 Å². The number of aromatic nitrogens is 3. The molecule has 35 heavy (non-hydrogen) atoms. The number of hydrogen-bond donors (Lipinski definition) is 3. The number of rotatable bonds is 8. The van der Waals surface area contributed by atoms with Crippen molar-refractivity contribution in [2.45, 2.75) is 31.2 Å². The van der Waals surface area contributed by atoms with Crippen molar-refractivity contribution in [2.75, 3.05) is 17.2 Å². The molecule has 3 heterocycles. The molecule has 2 saturated carbocycles. The Bertz CT molecular complexity index is 1400. The molecule has 7 nitrogen and oxygen atoms in total. The van der Waals surface area contributed by atoms with E-state index in [1.807, 2.05) is 30.3 Å². The number of carbonyl (C=O) groups is 1. The lowest BCUT2D eigenvalue weighted by atomic mass is 10.1. The first-order valence-corrected chi connectivity index (χ1v) is 12.3. The molecule has 2 aliphatic rings. The van der Waals surface area contributed by atoms with Crippen molar-refractivity contribution < 1.29 is 9.90 Å². The summed E-state index contributed by atoms with van der Waals surface area (Å²) in [6.45, 7) is 0.509. The van der Waals surface area contributed by atoms with E-state index < -0.39 is 0 Å². The predicted molar refractivity (Wildman–Crippen MR) is 136 cm³/mol. The molecule has 3 atom stereocenters. The van der Waals surface area contributed by atoms with Gasteiger partial charge in [0, 0.05) is 53.8 Å². The fourth-order valence-electron chi connectivity index (χ4n) is 4.94. The lowest BCUT2D eigenvalue weighted by Crippen LogP contribution is -2.17. The third-order valence-corrected chi connectivity index (χ3v) is 7.21. The Kier molecular flexibility index (Phi) is 5.66. The summed E-state index contributed by atoms with van der Waals surface area (Å²) in [6, 6.07) is 15.4. The van der Waals surface area contributed by atoms with E-state index in [1.165, 1.54) is 18.4 Å². The van der Waals surface area contributed by atoms with Crippen molar-refractivity contribution in [1.82, 2.24) is 14.4 Å². The number of pyridine rings is 2. The molecule has 0 aliphatic heterocycles. The zero-order valence-electron chi connectivity index (χ0n) is 19.1. The standard InChI is InChI=1S/C27H26ClN5O2/c28-19-3-1-2-17(10-19)25-22(15-34)26(25)27(35)32-23-11-20(8-9-29-23)30-12-21-14-33-13-18(16-4-5-16)6-7-24(33)31-21/h1-3,6-11,13-14,16,22,25-26,34H,4-5,12,15H2,(H2,29,30,32,35)/t22-,25+,26+/m1/s1. The van der Waals surface area contributed by atoms with Crippen LogP contribution in [0.2, 0.25) is 5.02 Å². The maximum atomic E-state index is 13.0. The highest BCUT2D eigenvalue weighted by molar-refractivity contribution is 6.30. The van der Waals surface area contributed by atoms with Crippen LogP contribution in [0.25, 0.3) is 5.65 Å². The van der Waals surface area contributed by atoms with Gasteiger partial charge in [-0.2, -0.15) is 0 Å². The van der Waals surface area contributed by atoms with Gasteiger partial charge in [-0.05, 0) is 54.2 Å². The summed E-state index contributed by atoms with van der Waals surface area (Å²) >= 11 is 6.12. The van der Waals surface area contributed by atoms with Gasteiger partial charge < -0.3 is 20.1 Å². The van der Waals surface area contributed by atoms with Gasteiger partial charge in [0.05, 0.1) is 18.2 Å². The monoisotopic (exact) mass is 487 g/mol. The number of anilines is 2. The highest BCUT2D eigenvalue weighted by Gasteiger charge is 2.55. The fourth-order valence-corrected chi connectivity index (χ4v) is 5.14. The quantitative estimate of drug-likeness (QED) is 0.331. The Balaban J connectivity index is 1.10. The molecule has 2 aliphatic carbocycles. The van der Waals surface area contributed by atoms with Crippen LogP contribution in [0.15, 0.2) is 67.1 Å². The third kappa shape index (κ3) is 4.61. The van der Waals surface area contributed by atoms with Crippen LogP contribution in [0.1, 0.15) is 41.5 Å². The number of benzene rings is 1. The van der Waals surface area contributed by atoms with Crippen LogP contribution >= 0.6 is 11.6 Å². The molecule has 3 aromatic heterocycles. The predicted octanol–water partition coefficient (Wildman–Crippen LogP) is 4.83. The molecule has 0 radical (unpaired) electrons. The van der Waals surface area contributed by atoms with Crippen LogP contribution in [-0.2, 0) is 11.3 Å². The van der Waals surface area contributed by atoms with Crippen molar-refractivity contribution in [2.24, 2.45) is 11.8 Å². The van der Waals surface area contributed by atoms with Gasteiger partial charge in [-0.3, -0.25) is 4.79 Å². The zero-order valence-corrected chi connectivity index (χ0v) is 19.8. The van der Waals surface area contributed by atoms with E-state index in [0.717, 1.165) is 22.6 Å². The second kappa shape index (κ2) is 8.98. The molecule has 178 valence electrons. The Labute approximate surface area is 208 Å². The van der Waals surface area contributed by atoms with E-state index in [9.17, 15) is 9.90 Å². The summed E-state index contributed by atoms with van der Waals surface area (Å²) < 4.78 is 2.09. The van der Waals surface area contributed by atoms with Crippen molar-refractivity contribution >= 4 is 34.7 Å². The minimum Gasteiger partial charge on any atom is -0.396 e. The summed E-state index contributed by atoms with van der Waals surface area (Å²) in [5, 5.41) is 16.7. The molecule has 3 N–H and O–H groups in total. The molecular formula is C27H26ClN5O2. The highest BCUT2D eigenvalue weighted by Crippen LogP contribution is 2.54. The largest absolute Gasteiger partial charge is 0.396 e. The van der Waals surface area contributed by atoms with Crippen molar-refractivity contribution in [3.8, 4) is 0 Å². The number of fused-ring (bicyclic) bond motifs is 1. The number of amides is 1. The molecule has 0 saturated heterocycles. The Morgan fingerprint density at radius 1 is 1.11 bits per heavy atom. The number of nitrogens with zero attached hydrogens (tertiary/aromatic N) is 3. The van der Waals surface area contributed by atoms with E-state index in [4.69, 9.17) is 16.6 Å². The molecule has 0 bridgehead atoms. The maximum Gasteiger partial charge on any atom is 0.229 e. The van der Waals surface area contributed by atoms with Gasteiger partial charge >= 0.3 is 0 Å². The van der Waals surface area contributed by atoms with Gasteiger partial charge in [0.15, 0.2) is 0 Å². The second-order valence-electron chi connectivity index (χ2n) is 9.46. The Hall–Kier alpha value is -3.42. The van der Waals surface area contributed by atoms with Crippen LogP contribution in [0.3, 0.4) is 0 Å². The SMILES string of the molecule is O=C(Nc1cc(NCc2cn3cc(C4CC4)ccc3n2)ccn1)[C@H]1[C@H](CO)[C@@H]1c1cccc(Cl)c1. The van der Waals surface area contributed by atoms with Crippen LogP contribution in [-0.4, -0.2) is 32.0 Å². The molecule has 2 fully saturated rings. The van der Waals surface area contributed by atoms with Crippen LogP contribution in [0.5, 0.6) is 0 Å². The molecule has 0 unspecified atom stereocenters. The van der Waals surface area contributed by atoms with E-state index in [-0.39, 0.29) is 30.3 Å². The normalized spacial score (nSPS) is 21.1. The van der Waals surface area contributed by atoms with Gasteiger partial charge in [-0.15, -0.1) is 0 Å². The molecule has 0 spiro atoms. The van der Waals surface area contributed by atoms with Gasteiger partial charge in [-0.25, -0.2) is 9.97 Å². The minimum absolute atomic E-state index is 0.0458. The van der Waals surface area contributed by atoms with Crippen molar-refractivity contribution in [3.05, 3.63) is 89.0 Å². The Morgan fingerprint density at radius 3 is 2.80 bits per heavy atom. The number of aliphatic hydroxyl groups excluding tert-OH is 1. The van der Waals surface area contributed by atoms with Gasteiger partial charge in [-0.1, -0.05) is 29.8 Å². The molecule has 1 amide bonds. The second-order valence-corrected chi connectivity index (χ2v) is 9.90. The number of hydrogen-bond acceptors (Lipinski definition) is 5. The molecular weight excluding hydrogens is 462 g/mol. The number of nitrogens with one attached hydrogen (secondary N) is 2. The molecule has 1 aromatic carbocycles. The van der Waals surface area contributed by atoms with E-state index in [1.54, 1.807) is 12.3 Å². The third-order valence-electron chi connectivity index (χ3n) is 6.97. The number of aliphatic hydroxyl groups is 1. The lowest BCUT2D eigenvalue weighted by Gasteiger charge is -2.08. The zero-order chi connectivity index (χ0) is 23.9. The van der Waals surface area contributed by atoms with Gasteiger partial charge in [0.2, 0.25) is 5.91 Å². The molecule has 4 aromatic rings. The number of imidazole rings is 1. The van der Waals surface area contributed by atoms with Crippen LogP contribution in [0, 0.1) is 11.8 Å². The Morgan fingerprint density at radius 2 is 2.00 bits per heavy atom. The van der Waals surface area contributed by atoms with E-state index >= 15 is 0 Å². The molecule has 8 heteroatoms. The summed E-state index contributed by atoms with van der Waals surface area (Å²) in [5.41, 5.74) is 5.06. The van der Waals surface area contributed by atoms with Crippen LogP contribution < -0.4 is 10.6 Å². The topological polar surface area (TPSA) is 91.6 Å². The van der Waals surface area contributed by atoms with Crippen molar-refractivity contribution in [1.29, 1.82) is 0 Å². The first kappa shape index (κ1) is 22.1. The minimum atomic E-state index is -0.310. The highest BCUT2D eigenvalue weighted by atomic mass is 35.5. The molecule has 6 rings (SSSR count). The summed E-state index contributed by atoms with van der Waals surface area (Å²) in [5.74, 6) is 0.553. The van der Waals surface area contributed by atoms with E-state index in [2.05, 4.69) is 44.5 Å². The average Bonchev–Trinajstić information content (AvgIpc) is 3.78. The van der Waals surface area contributed by atoms with Gasteiger partial charge in [0.1, 0.15) is 11.5 Å². The summed E-state index contributed by atoms with van der Waals surface area (Å²) in [7, 11) is 0. The first-order valence-electron chi connectivity index (χ1n) is 11.9. The first-order chi connectivity index (χ1) is 17.1. The lowest BCUT2D eigenvalue weighted by molar-refractivity contribution is -0.117. The van der Waals surface area contributed by atoms with Crippen LogP contribution in [0.4, 0.5) is 11.5 Å². The average molecular weight is 488 g/mol. The smallest absolute Gasteiger partial charge is 0.229 e. The number of carbonyl (C=O) groups excluding carboxylic acids is 1. The maximum absolute atomic E-state index is 13.0. The summed E-state index contributed by atoms with van der Waals surface area (Å²) in [6.07, 6.45) is 8.44. The number of halogens is 1.